The molecule has 0 radical (unpaired) electrons. The van der Waals surface area contributed by atoms with Crippen LogP contribution in [0.1, 0.15) is 57.4 Å². The first-order valence-corrected chi connectivity index (χ1v) is 11.2. The first-order chi connectivity index (χ1) is 15.7. The second-order valence-corrected chi connectivity index (χ2v) is 8.53. The summed E-state index contributed by atoms with van der Waals surface area (Å²) in [6.45, 7) is 2.17. The lowest BCUT2D eigenvalue weighted by molar-refractivity contribution is -0.140. The second-order valence-electron chi connectivity index (χ2n) is 8.53. The quantitative estimate of drug-likeness (QED) is 0.234. The molecule has 1 aliphatic rings. The van der Waals surface area contributed by atoms with Gasteiger partial charge in [0.1, 0.15) is 17.4 Å². The first-order valence-electron chi connectivity index (χ1n) is 11.2. The van der Waals surface area contributed by atoms with E-state index < -0.39 is 23.4 Å². The Hall–Kier alpha value is -2.70. The lowest BCUT2D eigenvalue weighted by atomic mass is 9.80. The molecule has 1 aliphatic carbocycles. The number of carbonyl (C=O) groups excluding carboxylic acids is 1. The largest absolute Gasteiger partial charge is 0.426 e. The van der Waals surface area contributed by atoms with Crippen molar-refractivity contribution < 1.29 is 31.5 Å². The van der Waals surface area contributed by atoms with E-state index in [1.807, 2.05) is 0 Å². The molecule has 7 heteroatoms. The molecule has 2 nitrogen and oxygen atoms in total. The minimum Gasteiger partial charge on any atom is -0.426 e. The molecule has 0 amide bonds. The van der Waals surface area contributed by atoms with Gasteiger partial charge < -0.3 is 4.74 Å². The van der Waals surface area contributed by atoms with Crippen LogP contribution in [0.25, 0.3) is 17.2 Å². The van der Waals surface area contributed by atoms with Crippen LogP contribution in [0.15, 0.2) is 42.5 Å². The van der Waals surface area contributed by atoms with Crippen LogP contribution in [0.4, 0.5) is 22.0 Å². The SMILES string of the molecule is CCCCC1CCC(C(=O)Oc2ccc(-c3cc(F)c(C=CC(F)(F)F)c(F)c3)cc2)CC1. The van der Waals surface area contributed by atoms with E-state index >= 15 is 0 Å². The number of allylic oxidation sites excluding steroid dienone is 1. The van der Waals surface area contributed by atoms with Crippen LogP contribution in [0.2, 0.25) is 0 Å². The number of unbranched alkanes of at least 4 members (excludes halogenated alkanes) is 1. The molecule has 0 heterocycles. The first kappa shape index (κ1) is 24.9. The zero-order valence-corrected chi connectivity index (χ0v) is 18.4. The van der Waals surface area contributed by atoms with Gasteiger partial charge in [-0.05, 0) is 73.1 Å². The van der Waals surface area contributed by atoms with E-state index in [-0.39, 0.29) is 23.5 Å². The third-order valence-corrected chi connectivity index (χ3v) is 6.07. The monoisotopic (exact) mass is 466 g/mol. The van der Waals surface area contributed by atoms with Gasteiger partial charge in [-0.15, -0.1) is 0 Å². The zero-order valence-electron chi connectivity index (χ0n) is 18.4. The lowest BCUT2D eigenvalue weighted by Crippen LogP contribution is -2.25. The van der Waals surface area contributed by atoms with Gasteiger partial charge in [0.25, 0.3) is 0 Å². The van der Waals surface area contributed by atoms with Crippen molar-refractivity contribution in [2.45, 2.75) is 58.0 Å². The molecule has 178 valence electrons. The van der Waals surface area contributed by atoms with Gasteiger partial charge >= 0.3 is 12.1 Å². The minimum atomic E-state index is -4.67. The van der Waals surface area contributed by atoms with E-state index in [2.05, 4.69) is 6.92 Å². The average Bonchev–Trinajstić information content (AvgIpc) is 2.77. The summed E-state index contributed by atoms with van der Waals surface area (Å²) >= 11 is 0. The van der Waals surface area contributed by atoms with Crippen molar-refractivity contribution in [3.63, 3.8) is 0 Å². The van der Waals surface area contributed by atoms with Gasteiger partial charge in [-0.25, -0.2) is 8.78 Å². The van der Waals surface area contributed by atoms with Gasteiger partial charge in [-0.3, -0.25) is 4.79 Å². The highest BCUT2D eigenvalue weighted by molar-refractivity contribution is 5.75. The third-order valence-electron chi connectivity index (χ3n) is 6.07. The van der Waals surface area contributed by atoms with Crippen LogP contribution in [-0.2, 0) is 4.79 Å². The number of esters is 1. The Morgan fingerprint density at radius 1 is 1.00 bits per heavy atom. The summed E-state index contributed by atoms with van der Waals surface area (Å²) in [4.78, 5) is 12.5. The van der Waals surface area contributed by atoms with E-state index in [4.69, 9.17) is 4.74 Å². The number of carbonyl (C=O) groups is 1. The molecule has 0 atom stereocenters. The third kappa shape index (κ3) is 7.14. The topological polar surface area (TPSA) is 26.3 Å². The molecule has 0 aromatic heterocycles. The summed E-state index contributed by atoms with van der Waals surface area (Å²) in [5.74, 6) is -1.57. The number of hydrogen-bond acceptors (Lipinski definition) is 2. The van der Waals surface area contributed by atoms with Crippen LogP contribution in [-0.4, -0.2) is 12.1 Å². The maximum absolute atomic E-state index is 14.2. The molecule has 1 fully saturated rings. The standard InChI is InChI=1S/C26H27F5O2/c1-2-3-4-17-5-7-19(8-6-17)25(32)33-21-11-9-18(10-12-21)20-15-23(27)22(24(28)16-20)13-14-26(29,30)31/h9-17,19H,2-8H2,1H3. The Bertz CT molecular complexity index is 948. The molecule has 0 bridgehead atoms. The van der Waals surface area contributed by atoms with Crippen LogP contribution < -0.4 is 4.74 Å². The Morgan fingerprint density at radius 2 is 1.61 bits per heavy atom. The number of halogens is 5. The molecular formula is C26H27F5O2. The molecule has 1 saturated carbocycles. The fourth-order valence-corrected chi connectivity index (χ4v) is 4.18. The average molecular weight is 466 g/mol. The van der Waals surface area contributed by atoms with Gasteiger partial charge in [0.15, 0.2) is 0 Å². The van der Waals surface area contributed by atoms with Crippen LogP contribution in [0.3, 0.4) is 0 Å². The summed E-state index contributed by atoms with van der Waals surface area (Å²) in [7, 11) is 0. The molecule has 3 rings (SSSR count). The number of ether oxygens (including phenoxy) is 1. The van der Waals surface area contributed by atoms with Gasteiger partial charge in [0.05, 0.1) is 5.92 Å². The van der Waals surface area contributed by atoms with Gasteiger partial charge in [-0.1, -0.05) is 38.3 Å². The lowest BCUT2D eigenvalue weighted by Gasteiger charge is -2.27. The van der Waals surface area contributed by atoms with Crippen molar-refractivity contribution in [1.82, 2.24) is 0 Å². The number of benzene rings is 2. The summed E-state index contributed by atoms with van der Waals surface area (Å²) in [6.07, 6.45) is 2.79. The molecule has 2 aromatic carbocycles. The molecule has 2 aromatic rings. The molecule has 0 spiro atoms. The predicted octanol–water partition coefficient (Wildman–Crippen LogP) is 8.11. The van der Waals surface area contributed by atoms with Crippen molar-refractivity contribution >= 4 is 12.0 Å². The summed E-state index contributed by atoms with van der Waals surface area (Å²) in [6, 6.07) is 8.10. The van der Waals surface area contributed by atoms with Crippen LogP contribution >= 0.6 is 0 Å². The minimum absolute atomic E-state index is 0.122. The summed E-state index contributed by atoms with van der Waals surface area (Å²) in [5, 5.41) is 0. The van der Waals surface area contributed by atoms with E-state index in [1.165, 1.54) is 31.4 Å². The highest BCUT2D eigenvalue weighted by Gasteiger charge is 2.27. The Kier molecular flexibility index (Phi) is 8.27. The highest BCUT2D eigenvalue weighted by Crippen LogP contribution is 2.33. The van der Waals surface area contributed by atoms with E-state index in [1.54, 1.807) is 12.1 Å². The maximum atomic E-state index is 14.2. The van der Waals surface area contributed by atoms with Gasteiger partial charge in [0.2, 0.25) is 0 Å². The summed E-state index contributed by atoms with van der Waals surface area (Å²) in [5.41, 5.74) is -0.154. The Balaban J connectivity index is 1.62. The fourth-order valence-electron chi connectivity index (χ4n) is 4.18. The van der Waals surface area contributed by atoms with Crippen molar-refractivity contribution in [3.8, 4) is 16.9 Å². The fraction of sp³-hybridized carbons (Fsp3) is 0.423. The zero-order chi connectivity index (χ0) is 24.0. The molecule has 0 aliphatic heterocycles. The van der Waals surface area contributed by atoms with E-state index in [9.17, 15) is 26.7 Å². The molecule has 33 heavy (non-hydrogen) atoms. The Labute approximate surface area is 190 Å². The van der Waals surface area contributed by atoms with Crippen molar-refractivity contribution in [2.24, 2.45) is 11.8 Å². The second kappa shape index (κ2) is 10.9. The van der Waals surface area contributed by atoms with Gasteiger partial charge in [-0.2, -0.15) is 13.2 Å². The molecule has 0 N–H and O–H groups in total. The Morgan fingerprint density at radius 3 is 2.15 bits per heavy atom. The van der Waals surface area contributed by atoms with Crippen LogP contribution in [0.5, 0.6) is 5.75 Å². The smallest absolute Gasteiger partial charge is 0.409 e. The van der Waals surface area contributed by atoms with Crippen LogP contribution in [0, 0.1) is 23.5 Å². The van der Waals surface area contributed by atoms with E-state index in [0.29, 0.717) is 23.3 Å². The summed E-state index contributed by atoms with van der Waals surface area (Å²) < 4.78 is 70.8. The number of alkyl halides is 3. The molecule has 0 unspecified atom stereocenters. The van der Waals surface area contributed by atoms with Crippen molar-refractivity contribution in [3.05, 3.63) is 59.7 Å². The number of hydrogen-bond donors (Lipinski definition) is 0. The molecular weight excluding hydrogens is 439 g/mol. The van der Waals surface area contributed by atoms with E-state index in [0.717, 1.165) is 37.8 Å². The normalized spacial score (nSPS) is 19.1. The van der Waals surface area contributed by atoms with Crippen molar-refractivity contribution in [2.75, 3.05) is 0 Å². The predicted molar refractivity (Wildman–Crippen MR) is 117 cm³/mol. The van der Waals surface area contributed by atoms with Crippen molar-refractivity contribution in [1.29, 1.82) is 0 Å². The highest BCUT2D eigenvalue weighted by atomic mass is 19.4. The van der Waals surface area contributed by atoms with Gasteiger partial charge in [0, 0.05) is 11.6 Å². The molecule has 0 saturated heterocycles. The number of rotatable bonds is 7. The maximum Gasteiger partial charge on any atom is 0.409 e.